The second kappa shape index (κ2) is 7.11. The summed E-state index contributed by atoms with van der Waals surface area (Å²) < 4.78 is 32.2. The first-order valence-electron chi connectivity index (χ1n) is 6.10. The summed E-state index contributed by atoms with van der Waals surface area (Å²) in [5.41, 5.74) is 0.0955. The van der Waals surface area contributed by atoms with Gasteiger partial charge in [0, 0.05) is 18.9 Å². The third kappa shape index (κ3) is 5.10. The summed E-state index contributed by atoms with van der Waals surface area (Å²) >= 11 is 0. The molecule has 0 bridgehead atoms. The molecular weight excluding hydrogens is 300 g/mol. The zero-order chi connectivity index (χ0) is 16.0. The molecule has 1 aromatic carbocycles. The summed E-state index contributed by atoms with van der Waals surface area (Å²) in [6.07, 6.45) is 1.50. The highest BCUT2D eigenvalue weighted by atomic mass is 32.2. The van der Waals surface area contributed by atoms with E-state index in [1.807, 2.05) is 0 Å². The van der Waals surface area contributed by atoms with Crippen LogP contribution in [-0.2, 0) is 9.84 Å². The number of anilines is 1. The summed E-state index contributed by atoms with van der Waals surface area (Å²) in [4.78, 5) is 10.5. The maximum Gasteiger partial charge on any atom is 0.296 e. The Morgan fingerprint density at radius 2 is 1.81 bits per heavy atom. The molecule has 0 atom stereocenters. The molecule has 118 valence electrons. The van der Waals surface area contributed by atoms with Crippen molar-refractivity contribution in [1.29, 1.82) is 0 Å². The van der Waals surface area contributed by atoms with Gasteiger partial charge in [-0.2, -0.15) is 0 Å². The molecule has 1 aromatic rings. The van der Waals surface area contributed by atoms with Gasteiger partial charge in [-0.15, -0.1) is 0 Å². The molecule has 8 nitrogen and oxygen atoms in total. The van der Waals surface area contributed by atoms with Crippen molar-refractivity contribution < 1.29 is 22.8 Å². The van der Waals surface area contributed by atoms with E-state index in [1.54, 1.807) is 0 Å². The number of nitrogens with one attached hydrogen (secondary N) is 1. The van der Waals surface area contributed by atoms with Crippen LogP contribution in [0.5, 0.6) is 11.5 Å². The Balaban J connectivity index is 2.91. The number of nitrogens with zero attached hydrogens (tertiary/aromatic N) is 1. The zero-order valence-corrected chi connectivity index (χ0v) is 12.9. The van der Waals surface area contributed by atoms with Crippen molar-refractivity contribution in [2.45, 2.75) is 6.42 Å². The molecule has 0 saturated carbocycles. The van der Waals surface area contributed by atoms with E-state index in [-0.39, 0.29) is 22.9 Å². The lowest BCUT2D eigenvalue weighted by Gasteiger charge is -2.12. The van der Waals surface area contributed by atoms with E-state index in [0.29, 0.717) is 18.7 Å². The highest BCUT2D eigenvalue weighted by Gasteiger charge is 2.19. The lowest BCUT2D eigenvalue weighted by molar-refractivity contribution is -0.384. The minimum Gasteiger partial charge on any atom is -0.493 e. The quantitative estimate of drug-likeness (QED) is 0.439. The van der Waals surface area contributed by atoms with Gasteiger partial charge in [0.1, 0.15) is 15.5 Å². The second-order valence-electron chi connectivity index (χ2n) is 4.39. The van der Waals surface area contributed by atoms with Crippen LogP contribution in [0.2, 0.25) is 0 Å². The fourth-order valence-electron chi connectivity index (χ4n) is 1.72. The molecule has 0 aliphatic rings. The Labute approximate surface area is 123 Å². The number of hydrogen-bond donors (Lipinski definition) is 1. The summed E-state index contributed by atoms with van der Waals surface area (Å²) in [6.45, 7) is 0.295. The summed E-state index contributed by atoms with van der Waals surface area (Å²) in [6, 6.07) is 2.72. The Kier molecular flexibility index (Phi) is 5.77. The molecule has 21 heavy (non-hydrogen) atoms. The fraction of sp³-hybridized carbons (Fsp3) is 0.500. The molecule has 0 fully saturated rings. The van der Waals surface area contributed by atoms with Crippen LogP contribution in [0.3, 0.4) is 0 Å². The van der Waals surface area contributed by atoms with Gasteiger partial charge >= 0.3 is 0 Å². The number of methoxy groups -OCH3 is 2. The Morgan fingerprint density at radius 3 is 2.29 bits per heavy atom. The van der Waals surface area contributed by atoms with E-state index in [9.17, 15) is 18.5 Å². The van der Waals surface area contributed by atoms with Crippen molar-refractivity contribution in [3.05, 3.63) is 22.2 Å². The van der Waals surface area contributed by atoms with E-state index in [4.69, 9.17) is 9.47 Å². The maximum absolute atomic E-state index is 11.1. The van der Waals surface area contributed by atoms with Gasteiger partial charge in [-0.05, 0) is 6.42 Å². The van der Waals surface area contributed by atoms with E-state index in [2.05, 4.69) is 5.32 Å². The number of ether oxygens (including phenoxy) is 2. The molecule has 0 aliphatic heterocycles. The highest BCUT2D eigenvalue weighted by molar-refractivity contribution is 7.90. The third-order valence-electron chi connectivity index (χ3n) is 2.71. The van der Waals surface area contributed by atoms with Crippen molar-refractivity contribution in [1.82, 2.24) is 0 Å². The average molecular weight is 318 g/mol. The van der Waals surface area contributed by atoms with Gasteiger partial charge < -0.3 is 14.8 Å². The number of rotatable bonds is 8. The molecule has 0 aromatic heterocycles. The van der Waals surface area contributed by atoms with E-state index >= 15 is 0 Å². The molecule has 0 heterocycles. The largest absolute Gasteiger partial charge is 0.493 e. The summed E-state index contributed by atoms with van der Waals surface area (Å²) in [5.74, 6) is 0.626. The van der Waals surface area contributed by atoms with Crippen LogP contribution in [0.15, 0.2) is 12.1 Å². The molecule has 0 aliphatic carbocycles. The van der Waals surface area contributed by atoms with Crippen LogP contribution in [0.1, 0.15) is 6.42 Å². The standard InChI is InChI=1S/C12H18N2O6S/c1-19-11-7-9(13-5-4-6-21(3,17)18)10(14(15)16)8-12(11)20-2/h7-8,13H,4-6H2,1-3H3. The Bertz CT molecular complexity index is 614. The number of hydrogen-bond acceptors (Lipinski definition) is 7. The first kappa shape index (κ1) is 17.0. The monoisotopic (exact) mass is 318 g/mol. The molecule has 0 radical (unpaired) electrons. The predicted molar refractivity (Wildman–Crippen MR) is 79.0 cm³/mol. The minimum atomic E-state index is -3.05. The van der Waals surface area contributed by atoms with Gasteiger partial charge in [0.2, 0.25) is 0 Å². The minimum absolute atomic E-state index is 0.0150. The summed E-state index contributed by atoms with van der Waals surface area (Å²) in [5, 5.41) is 13.9. The topological polar surface area (TPSA) is 108 Å². The van der Waals surface area contributed by atoms with Crippen molar-refractivity contribution in [2.75, 3.05) is 38.1 Å². The predicted octanol–water partition coefficient (Wildman–Crippen LogP) is 1.46. The second-order valence-corrected chi connectivity index (χ2v) is 6.65. The Hall–Kier alpha value is -2.03. The average Bonchev–Trinajstić information content (AvgIpc) is 2.41. The first-order valence-corrected chi connectivity index (χ1v) is 8.16. The number of nitro groups is 1. The van der Waals surface area contributed by atoms with E-state index < -0.39 is 14.8 Å². The summed E-state index contributed by atoms with van der Waals surface area (Å²) in [7, 11) is -0.230. The van der Waals surface area contributed by atoms with Crippen LogP contribution in [-0.4, -0.2) is 46.1 Å². The van der Waals surface area contributed by atoms with Gasteiger partial charge in [0.05, 0.1) is 31.0 Å². The molecule has 0 spiro atoms. The maximum atomic E-state index is 11.1. The normalized spacial score (nSPS) is 11.0. The van der Waals surface area contributed by atoms with Gasteiger partial charge in [-0.3, -0.25) is 10.1 Å². The molecular formula is C12H18N2O6S. The SMILES string of the molecule is COc1cc(NCCCS(C)(=O)=O)c([N+](=O)[O-])cc1OC. The smallest absolute Gasteiger partial charge is 0.296 e. The zero-order valence-electron chi connectivity index (χ0n) is 12.1. The van der Waals surface area contributed by atoms with Crippen molar-refractivity contribution >= 4 is 21.2 Å². The number of sulfone groups is 1. The lowest BCUT2D eigenvalue weighted by atomic mass is 10.2. The van der Waals surface area contributed by atoms with Gasteiger partial charge in [0.15, 0.2) is 11.5 Å². The van der Waals surface area contributed by atoms with Gasteiger partial charge in [-0.25, -0.2) is 8.42 Å². The van der Waals surface area contributed by atoms with E-state index in [0.717, 1.165) is 6.26 Å². The van der Waals surface area contributed by atoms with Crippen molar-refractivity contribution in [2.24, 2.45) is 0 Å². The van der Waals surface area contributed by atoms with Crippen molar-refractivity contribution in [3.8, 4) is 11.5 Å². The van der Waals surface area contributed by atoms with Gasteiger partial charge in [-0.1, -0.05) is 0 Å². The number of benzene rings is 1. The molecule has 0 saturated heterocycles. The van der Waals surface area contributed by atoms with Crippen LogP contribution in [0.25, 0.3) is 0 Å². The van der Waals surface area contributed by atoms with Crippen LogP contribution in [0.4, 0.5) is 11.4 Å². The van der Waals surface area contributed by atoms with Crippen LogP contribution < -0.4 is 14.8 Å². The lowest BCUT2D eigenvalue weighted by Crippen LogP contribution is -2.11. The number of nitro benzene ring substituents is 1. The molecule has 1 rings (SSSR count). The van der Waals surface area contributed by atoms with E-state index in [1.165, 1.54) is 26.4 Å². The molecule has 0 unspecified atom stereocenters. The van der Waals surface area contributed by atoms with Crippen LogP contribution in [0, 0.1) is 10.1 Å². The molecule has 9 heteroatoms. The fourth-order valence-corrected chi connectivity index (χ4v) is 2.39. The molecule has 1 N–H and O–H groups in total. The van der Waals surface area contributed by atoms with Gasteiger partial charge in [0.25, 0.3) is 5.69 Å². The van der Waals surface area contributed by atoms with Crippen LogP contribution >= 0.6 is 0 Å². The highest BCUT2D eigenvalue weighted by Crippen LogP contribution is 2.37. The van der Waals surface area contributed by atoms with Crippen molar-refractivity contribution in [3.63, 3.8) is 0 Å². The third-order valence-corrected chi connectivity index (χ3v) is 3.74. The Morgan fingerprint density at radius 1 is 1.24 bits per heavy atom. The first-order chi connectivity index (χ1) is 9.78. The molecule has 0 amide bonds.